The molecule has 2 atom stereocenters. The van der Waals surface area contributed by atoms with Crippen LogP contribution in [0.4, 0.5) is 0 Å². The summed E-state index contributed by atoms with van der Waals surface area (Å²) >= 11 is 5.75. The maximum Gasteiger partial charge on any atom is 0.170 e. The van der Waals surface area contributed by atoms with Crippen LogP contribution in [0, 0.1) is 5.92 Å². The summed E-state index contributed by atoms with van der Waals surface area (Å²) in [6, 6.07) is 18.6. The first-order valence-electron chi connectivity index (χ1n) is 10.5. The molecule has 156 valence electrons. The fourth-order valence-corrected chi connectivity index (χ4v) is 4.37. The van der Waals surface area contributed by atoms with E-state index in [4.69, 9.17) is 17.0 Å². The van der Waals surface area contributed by atoms with Crippen LogP contribution in [0.25, 0.3) is 5.69 Å². The summed E-state index contributed by atoms with van der Waals surface area (Å²) < 4.78 is 7.84. The molecular formula is C24H28N4OS. The van der Waals surface area contributed by atoms with Gasteiger partial charge >= 0.3 is 0 Å². The predicted molar refractivity (Wildman–Crippen MR) is 124 cm³/mol. The zero-order chi connectivity index (χ0) is 21.1. The molecule has 1 saturated heterocycles. The van der Waals surface area contributed by atoms with Crippen molar-refractivity contribution in [1.82, 2.24) is 19.8 Å². The molecule has 3 heterocycles. The molecule has 0 saturated carbocycles. The van der Waals surface area contributed by atoms with E-state index in [0.29, 0.717) is 12.5 Å². The second kappa shape index (κ2) is 8.88. The third-order valence-electron chi connectivity index (χ3n) is 5.27. The van der Waals surface area contributed by atoms with Gasteiger partial charge in [-0.2, -0.15) is 0 Å². The highest BCUT2D eigenvalue weighted by molar-refractivity contribution is 7.80. The fourth-order valence-electron chi connectivity index (χ4n) is 4.06. The van der Waals surface area contributed by atoms with Crippen LogP contribution in [0.1, 0.15) is 44.2 Å². The van der Waals surface area contributed by atoms with Crippen LogP contribution < -0.4 is 10.1 Å². The summed E-state index contributed by atoms with van der Waals surface area (Å²) in [5.74, 6) is 1.37. The Hall–Kier alpha value is -2.86. The molecule has 0 spiro atoms. The Labute approximate surface area is 183 Å². The Morgan fingerprint density at radius 1 is 1.10 bits per heavy atom. The maximum absolute atomic E-state index is 5.75. The Bertz CT molecular complexity index is 984. The van der Waals surface area contributed by atoms with Crippen LogP contribution in [0.2, 0.25) is 0 Å². The smallest absolute Gasteiger partial charge is 0.170 e. The second-order valence-electron chi connectivity index (χ2n) is 7.90. The van der Waals surface area contributed by atoms with Crippen molar-refractivity contribution in [2.45, 2.75) is 32.9 Å². The molecule has 1 aliphatic heterocycles. The summed E-state index contributed by atoms with van der Waals surface area (Å²) in [5, 5.41) is 4.31. The monoisotopic (exact) mass is 420 g/mol. The molecule has 1 aromatic carbocycles. The standard InChI is InChI=1S/C24H28N4OS/c1-4-29-19-12-10-18(11-13-19)27-15-7-9-21(27)23-22(20-8-5-6-14-25-20)26-24(30)28(23)16-17(2)3/h5-15,17,22-23H,4,16H2,1-3H3,(H,26,30)/t22-,23-/m1/s1. The van der Waals surface area contributed by atoms with Gasteiger partial charge in [0.25, 0.3) is 0 Å². The van der Waals surface area contributed by atoms with Crippen LogP contribution in [0.3, 0.4) is 0 Å². The minimum Gasteiger partial charge on any atom is -0.494 e. The molecule has 6 heteroatoms. The van der Waals surface area contributed by atoms with Gasteiger partial charge in [0.15, 0.2) is 5.11 Å². The number of thiocarbonyl (C=S) groups is 1. The molecule has 0 aliphatic carbocycles. The topological polar surface area (TPSA) is 42.3 Å². The van der Waals surface area contributed by atoms with Gasteiger partial charge in [-0.15, -0.1) is 0 Å². The van der Waals surface area contributed by atoms with E-state index >= 15 is 0 Å². The number of hydrogen-bond acceptors (Lipinski definition) is 3. The van der Waals surface area contributed by atoms with E-state index in [-0.39, 0.29) is 12.1 Å². The average Bonchev–Trinajstić information content (AvgIpc) is 3.34. The molecule has 0 radical (unpaired) electrons. The van der Waals surface area contributed by atoms with Gasteiger partial charge in [-0.25, -0.2) is 0 Å². The lowest BCUT2D eigenvalue weighted by Gasteiger charge is -2.30. The van der Waals surface area contributed by atoms with Crippen LogP contribution in [-0.4, -0.2) is 32.7 Å². The Morgan fingerprint density at radius 2 is 1.90 bits per heavy atom. The molecule has 5 nitrogen and oxygen atoms in total. The van der Waals surface area contributed by atoms with Crippen molar-refractivity contribution in [3.8, 4) is 11.4 Å². The van der Waals surface area contributed by atoms with Crippen LogP contribution in [-0.2, 0) is 0 Å². The van der Waals surface area contributed by atoms with Gasteiger partial charge in [0.1, 0.15) is 5.75 Å². The highest BCUT2D eigenvalue weighted by Gasteiger charge is 2.41. The number of nitrogens with one attached hydrogen (secondary N) is 1. The molecule has 1 fully saturated rings. The lowest BCUT2D eigenvalue weighted by atomic mass is 10.0. The van der Waals surface area contributed by atoms with E-state index in [0.717, 1.165) is 28.8 Å². The third-order valence-corrected chi connectivity index (χ3v) is 5.62. The lowest BCUT2D eigenvalue weighted by molar-refractivity contribution is 0.280. The van der Waals surface area contributed by atoms with Crippen LogP contribution in [0.5, 0.6) is 5.75 Å². The number of nitrogens with zero attached hydrogens (tertiary/aromatic N) is 3. The Morgan fingerprint density at radius 3 is 2.57 bits per heavy atom. The van der Waals surface area contributed by atoms with Gasteiger partial charge in [-0.1, -0.05) is 19.9 Å². The van der Waals surface area contributed by atoms with Crippen LogP contribution in [0.15, 0.2) is 67.0 Å². The number of ether oxygens (including phenoxy) is 1. The van der Waals surface area contributed by atoms with Gasteiger partial charge in [0.05, 0.1) is 24.4 Å². The average molecular weight is 421 g/mol. The first-order chi connectivity index (χ1) is 14.6. The van der Waals surface area contributed by atoms with E-state index in [1.807, 2.05) is 37.4 Å². The molecule has 3 aromatic rings. The van der Waals surface area contributed by atoms with Gasteiger partial charge in [0, 0.05) is 30.3 Å². The summed E-state index contributed by atoms with van der Waals surface area (Å²) in [5.41, 5.74) is 3.28. The van der Waals surface area contributed by atoms with Crippen molar-refractivity contribution in [2.24, 2.45) is 5.92 Å². The number of rotatable bonds is 7. The van der Waals surface area contributed by atoms with E-state index in [9.17, 15) is 0 Å². The van der Waals surface area contributed by atoms with Gasteiger partial charge in [-0.3, -0.25) is 4.98 Å². The zero-order valence-corrected chi connectivity index (χ0v) is 18.5. The van der Waals surface area contributed by atoms with E-state index < -0.39 is 0 Å². The van der Waals surface area contributed by atoms with Gasteiger partial charge < -0.3 is 19.5 Å². The minimum absolute atomic E-state index is 0.00574. The molecule has 1 aliphatic rings. The first kappa shape index (κ1) is 20.4. The van der Waals surface area contributed by atoms with Crippen molar-refractivity contribution in [3.63, 3.8) is 0 Å². The SMILES string of the molecule is CCOc1ccc(-n2cccc2[C@@H]2[C@@H](c3ccccn3)NC(=S)N2CC(C)C)cc1. The maximum atomic E-state index is 5.75. The number of pyridine rings is 1. The Kier molecular flexibility index (Phi) is 6.04. The first-order valence-corrected chi connectivity index (χ1v) is 10.9. The molecular weight excluding hydrogens is 392 g/mol. The zero-order valence-electron chi connectivity index (χ0n) is 17.7. The number of aromatic nitrogens is 2. The summed E-state index contributed by atoms with van der Waals surface area (Å²) in [7, 11) is 0. The lowest BCUT2D eigenvalue weighted by Crippen LogP contribution is -2.33. The predicted octanol–water partition coefficient (Wildman–Crippen LogP) is 4.90. The van der Waals surface area contributed by atoms with Crippen molar-refractivity contribution in [3.05, 3.63) is 78.4 Å². The van der Waals surface area contributed by atoms with Gasteiger partial charge in [0.2, 0.25) is 0 Å². The fraction of sp³-hybridized carbons (Fsp3) is 0.333. The summed E-state index contributed by atoms with van der Waals surface area (Å²) in [6.07, 6.45) is 3.95. The molecule has 0 unspecified atom stereocenters. The third kappa shape index (κ3) is 4.05. The van der Waals surface area contributed by atoms with Crippen molar-refractivity contribution >= 4 is 17.3 Å². The molecule has 4 rings (SSSR count). The van der Waals surface area contributed by atoms with E-state index in [2.05, 4.69) is 70.1 Å². The Balaban J connectivity index is 1.75. The largest absolute Gasteiger partial charge is 0.494 e. The molecule has 0 bridgehead atoms. The van der Waals surface area contributed by atoms with E-state index in [1.165, 1.54) is 5.69 Å². The molecule has 1 N–H and O–H groups in total. The summed E-state index contributed by atoms with van der Waals surface area (Å²) in [4.78, 5) is 6.93. The van der Waals surface area contributed by atoms with Crippen molar-refractivity contribution < 1.29 is 4.74 Å². The quantitative estimate of drug-likeness (QED) is 0.551. The molecule has 2 aromatic heterocycles. The highest BCUT2D eigenvalue weighted by atomic mass is 32.1. The normalized spacial score (nSPS) is 18.7. The number of hydrogen-bond donors (Lipinski definition) is 1. The van der Waals surface area contributed by atoms with E-state index in [1.54, 1.807) is 0 Å². The van der Waals surface area contributed by atoms with Crippen molar-refractivity contribution in [2.75, 3.05) is 13.2 Å². The minimum atomic E-state index is -0.00574. The second-order valence-corrected chi connectivity index (χ2v) is 8.29. The van der Waals surface area contributed by atoms with Gasteiger partial charge in [-0.05, 0) is 73.6 Å². The molecule has 30 heavy (non-hydrogen) atoms. The summed E-state index contributed by atoms with van der Waals surface area (Å²) in [6.45, 7) is 7.98. The highest BCUT2D eigenvalue weighted by Crippen LogP contribution is 2.40. The number of benzene rings is 1. The van der Waals surface area contributed by atoms with Crippen molar-refractivity contribution in [1.29, 1.82) is 0 Å². The molecule has 0 amide bonds. The van der Waals surface area contributed by atoms with Crippen LogP contribution >= 0.6 is 12.2 Å².